The Morgan fingerprint density at radius 2 is 1.61 bits per heavy atom. The van der Waals surface area contributed by atoms with Gasteiger partial charge in [-0.3, -0.25) is 9.59 Å². The highest BCUT2D eigenvalue weighted by Crippen LogP contribution is 2.34. The molecular weight excluding hydrogens is 394 g/mol. The summed E-state index contributed by atoms with van der Waals surface area (Å²) in [6, 6.07) is 7.78. The maximum Gasteiger partial charge on any atom is 0.309 e. The largest absolute Gasteiger partial charge is 0.481 e. The number of hydrogen-bond donors (Lipinski definition) is 3. The molecule has 2 rings (SSSR count). The van der Waals surface area contributed by atoms with Crippen molar-refractivity contribution >= 4 is 23.7 Å². The van der Waals surface area contributed by atoms with Crippen molar-refractivity contribution in [2.24, 2.45) is 22.1 Å². The van der Waals surface area contributed by atoms with E-state index in [9.17, 15) is 14.7 Å². The predicted molar refractivity (Wildman–Crippen MR) is 121 cm³/mol. The molecule has 0 radical (unpaired) electrons. The smallest absolute Gasteiger partial charge is 0.309 e. The lowest BCUT2D eigenvalue weighted by Crippen LogP contribution is -2.43. The van der Waals surface area contributed by atoms with Crippen molar-refractivity contribution < 1.29 is 14.7 Å². The first-order valence-corrected chi connectivity index (χ1v) is 10.2. The third kappa shape index (κ3) is 5.45. The number of carbonyl (C=O) groups excluding carboxylic acids is 1. The second kappa shape index (κ2) is 9.24. The number of carboxylic acids is 1. The van der Waals surface area contributed by atoms with Gasteiger partial charge >= 0.3 is 5.97 Å². The van der Waals surface area contributed by atoms with Gasteiger partial charge in [0.15, 0.2) is 0 Å². The fraction of sp³-hybridized carbons (Fsp3) is 0.435. The van der Waals surface area contributed by atoms with E-state index < -0.39 is 22.7 Å². The van der Waals surface area contributed by atoms with Crippen molar-refractivity contribution in [3.05, 3.63) is 42.2 Å². The summed E-state index contributed by atoms with van der Waals surface area (Å²) >= 11 is 0. The summed E-state index contributed by atoms with van der Waals surface area (Å²) in [6.45, 7) is 9.15. The van der Waals surface area contributed by atoms with Crippen LogP contribution in [0.1, 0.15) is 53.0 Å². The molecule has 1 heterocycles. The molecule has 1 aromatic heterocycles. The number of rotatable bonds is 8. The van der Waals surface area contributed by atoms with Gasteiger partial charge in [-0.1, -0.05) is 38.1 Å². The Labute approximate surface area is 182 Å². The van der Waals surface area contributed by atoms with Crippen LogP contribution < -0.4 is 11.5 Å². The molecule has 0 aliphatic heterocycles. The number of aromatic nitrogens is 2. The highest BCUT2D eigenvalue weighted by molar-refractivity contribution is 6.00. The van der Waals surface area contributed by atoms with Crippen LogP contribution in [0.15, 0.2) is 41.7 Å². The number of aliphatic carboxylic acids is 1. The number of nitrogens with zero attached hydrogens (tertiary/aromatic N) is 3. The van der Waals surface area contributed by atoms with Gasteiger partial charge in [0.25, 0.3) is 0 Å². The zero-order valence-electron chi connectivity index (χ0n) is 18.7. The third-order valence-electron chi connectivity index (χ3n) is 5.96. The number of nitrogen functional groups attached to an aromatic ring is 1. The standard InChI is InChI=1S/C23H31N5O3/c1-14(2)23(5,19(24)28-18(29)10-11-22(3,4)20(30)31)17-8-6-15(7-9-17)16-12-26-21(25)27-13-16/h6-9,12-14H,10-11H2,1-5H3,(H,30,31)(H2,24,28,29)(H2,25,26,27). The van der Waals surface area contributed by atoms with E-state index in [1.165, 1.54) is 0 Å². The average molecular weight is 426 g/mol. The van der Waals surface area contributed by atoms with Crippen molar-refractivity contribution in [3.8, 4) is 11.1 Å². The van der Waals surface area contributed by atoms with Gasteiger partial charge in [0.1, 0.15) is 5.84 Å². The van der Waals surface area contributed by atoms with Crippen molar-refractivity contribution in [1.82, 2.24) is 9.97 Å². The number of amidine groups is 1. The zero-order chi connectivity index (χ0) is 23.4. The van der Waals surface area contributed by atoms with E-state index in [-0.39, 0.29) is 30.5 Å². The summed E-state index contributed by atoms with van der Waals surface area (Å²) < 4.78 is 0. The Bertz CT molecular complexity index is 966. The molecule has 2 aromatic rings. The summed E-state index contributed by atoms with van der Waals surface area (Å²) in [5, 5.41) is 9.22. The van der Waals surface area contributed by atoms with Gasteiger partial charge in [-0.25, -0.2) is 9.97 Å². The number of carbonyl (C=O) groups is 2. The fourth-order valence-electron chi connectivity index (χ4n) is 3.11. The molecule has 0 fully saturated rings. The first-order valence-electron chi connectivity index (χ1n) is 10.2. The van der Waals surface area contributed by atoms with E-state index >= 15 is 0 Å². The van der Waals surface area contributed by atoms with Crippen LogP contribution in [-0.2, 0) is 15.0 Å². The minimum absolute atomic E-state index is 0.0181. The molecular formula is C23H31N5O3. The molecule has 1 unspecified atom stereocenters. The number of carboxylic acid groups (broad SMARTS) is 1. The van der Waals surface area contributed by atoms with Gasteiger partial charge in [0, 0.05) is 24.4 Å². The summed E-state index contributed by atoms with van der Waals surface area (Å²) in [7, 11) is 0. The van der Waals surface area contributed by atoms with Gasteiger partial charge in [-0.2, -0.15) is 4.99 Å². The molecule has 0 saturated heterocycles. The fourth-order valence-corrected chi connectivity index (χ4v) is 3.11. The van der Waals surface area contributed by atoms with E-state index in [0.717, 1.165) is 16.7 Å². The number of nitrogens with two attached hydrogens (primary N) is 2. The minimum Gasteiger partial charge on any atom is -0.481 e. The van der Waals surface area contributed by atoms with Crippen LogP contribution in [-0.4, -0.2) is 32.8 Å². The molecule has 8 nitrogen and oxygen atoms in total. The van der Waals surface area contributed by atoms with Crippen LogP contribution in [0.25, 0.3) is 11.1 Å². The monoisotopic (exact) mass is 425 g/mol. The molecule has 166 valence electrons. The first kappa shape index (κ1) is 24.0. The quantitative estimate of drug-likeness (QED) is 0.434. The van der Waals surface area contributed by atoms with Crippen LogP contribution in [0.3, 0.4) is 0 Å². The van der Waals surface area contributed by atoms with Crippen LogP contribution in [0.5, 0.6) is 0 Å². The van der Waals surface area contributed by atoms with Crippen LogP contribution in [0.4, 0.5) is 5.95 Å². The van der Waals surface area contributed by atoms with Crippen molar-refractivity contribution in [2.45, 2.75) is 52.9 Å². The van der Waals surface area contributed by atoms with E-state index in [0.29, 0.717) is 0 Å². The highest BCUT2D eigenvalue weighted by Gasteiger charge is 2.35. The Morgan fingerprint density at radius 3 is 2.10 bits per heavy atom. The zero-order valence-corrected chi connectivity index (χ0v) is 18.7. The molecule has 1 atom stereocenters. The molecule has 1 aromatic carbocycles. The van der Waals surface area contributed by atoms with Crippen LogP contribution >= 0.6 is 0 Å². The summed E-state index contributed by atoms with van der Waals surface area (Å²) in [5.41, 5.74) is 12.9. The van der Waals surface area contributed by atoms with Crippen LogP contribution in [0.2, 0.25) is 0 Å². The number of hydrogen-bond acceptors (Lipinski definition) is 5. The lowest BCUT2D eigenvalue weighted by atomic mass is 9.72. The molecule has 0 aliphatic rings. The molecule has 0 saturated carbocycles. The summed E-state index contributed by atoms with van der Waals surface area (Å²) in [5.74, 6) is -0.882. The Hall–Kier alpha value is -3.29. The average Bonchev–Trinajstić information content (AvgIpc) is 2.72. The molecule has 5 N–H and O–H groups in total. The molecule has 0 spiro atoms. The molecule has 1 amide bonds. The van der Waals surface area contributed by atoms with Gasteiger partial charge in [0.2, 0.25) is 11.9 Å². The topological polar surface area (TPSA) is 145 Å². The van der Waals surface area contributed by atoms with E-state index in [1.54, 1.807) is 26.2 Å². The van der Waals surface area contributed by atoms with Crippen molar-refractivity contribution in [3.63, 3.8) is 0 Å². The number of aliphatic imine (C=N–C) groups is 1. The normalized spacial score (nSPS) is 14.3. The van der Waals surface area contributed by atoms with Gasteiger partial charge in [-0.05, 0) is 44.2 Å². The third-order valence-corrected chi connectivity index (χ3v) is 5.96. The number of anilines is 1. The highest BCUT2D eigenvalue weighted by atomic mass is 16.4. The van der Waals surface area contributed by atoms with Crippen molar-refractivity contribution in [2.75, 3.05) is 5.73 Å². The Balaban J connectivity index is 2.27. The van der Waals surface area contributed by atoms with E-state index in [1.807, 2.05) is 45.0 Å². The lowest BCUT2D eigenvalue weighted by Gasteiger charge is -2.34. The summed E-state index contributed by atoms with van der Waals surface area (Å²) in [6.07, 6.45) is 3.52. The second-order valence-corrected chi connectivity index (χ2v) is 8.84. The molecule has 31 heavy (non-hydrogen) atoms. The maximum absolute atomic E-state index is 12.4. The maximum atomic E-state index is 12.4. The first-order chi connectivity index (χ1) is 14.4. The van der Waals surface area contributed by atoms with Gasteiger partial charge in [0.05, 0.1) is 10.8 Å². The molecule has 0 bridgehead atoms. The lowest BCUT2D eigenvalue weighted by molar-refractivity contribution is -0.147. The SMILES string of the molecule is CC(C)C(C)(C(N)=NC(=O)CCC(C)(C)C(=O)O)c1ccc(-c2cnc(N)nc2)cc1. The van der Waals surface area contributed by atoms with E-state index in [2.05, 4.69) is 15.0 Å². The van der Waals surface area contributed by atoms with Crippen molar-refractivity contribution in [1.29, 1.82) is 0 Å². The second-order valence-electron chi connectivity index (χ2n) is 8.84. The number of amides is 1. The molecule has 8 heteroatoms. The van der Waals surface area contributed by atoms with Gasteiger partial charge in [-0.15, -0.1) is 0 Å². The summed E-state index contributed by atoms with van der Waals surface area (Å²) in [4.78, 5) is 35.8. The van der Waals surface area contributed by atoms with Gasteiger partial charge < -0.3 is 16.6 Å². The molecule has 0 aliphatic carbocycles. The van der Waals surface area contributed by atoms with E-state index in [4.69, 9.17) is 11.5 Å². The van der Waals surface area contributed by atoms with Crippen LogP contribution in [0, 0.1) is 11.3 Å². The Kier molecular flexibility index (Phi) is 7.15. The predicted octanol–water partition coefficient (Wildman–Crippen LogP) is 3.41. The number of benzene rings is 1. The Morgan fingerprint density at radius 1 is 1.06 bits per heavy atom. The minimum atomic E-state index is -0.997.